The van der Waals surface area contributed by atoms with E-state index in [-0.39, 0.29) is 16.9 Å². The van der Waals surface area contributed by atoms with Gasteiger partial charge in [-0.3, -0.25) is 9.59 Å². The SMILES string of the molecule is CCN(C)C(=O)c1cccc(C(=O)NC(CCC(C)(C)C)C(=O)O)c1. The van der Waals surface area contributed by atoms with E-state index in [0.717, 1.165) is 0 Å². The number of carbonyl (C=O) groups is 3. The normalized spacial score (nSPS) is 12.4. The summed E-state index contributed by atoms with van der Waals surface area (Å²) in [7, 11) is 1.68. The number of nitrogens with one attached hydrogen (secondary N) is 1. The summed E-state index contributed by atoms with van der Waals surface area (Å²) in [4.78, 5) is 37.5. The van der Waals surface area contributed by atoms with Gasteiger partial charge in [0.25, 0.3) is 11.8 Å². The molecule has 0 fully saturated rings. The van der Waals surface area contributed by atoms with Crippen LogP contribution in [-0.2, 0) is 4.79 Å². The van der Waals surface area contributed by atoms with Gasteiger partial charge in [0.15, 0.2) is 0 Å². The van der Waals surface area contributed by atoms with Crippen LogP contribution in [0.25, 0.3) is 0 Å². The van der Waals surface area contributed by atoms with Crippen LogP contribution < -0.4 is 5.32 Å². The Hall–Kier alpha value is -2.37. The van der Waals surface area contributed by atoms with Crippen molar-refractivity contribution in [1.82, 2.24) is 10.2 Å². The van der Waals surface area contributed by atoms with Crippen LogP contribution in [0.5, 0.6) is 0 Å². The van der Waals surface area contributed by atoms with Crippen LogP contribution in [0, 0.1) is 5.41 Å². The predicted molar refractivity (Wildman–Crippen MR) is 96.7 cm³/mol. The molecule has 0 saturated heterocycles. The quantitative estimate of drug-likeness (QED) is 0.793. The summed E-state index contributed by atoms with van der Waals surface area (Å²) in [6.07, 6.45) is 1.02. The molecule has 1 rings (SSSR count). The fraction of sp³-hybridized carbons (Fsp3) is 0.526. The Morgan fingerprint density at radius 1 is 1.20 bits per heavy atom. The molecule has 2 amide bonds. The van der Waals surface area contributed by atoms with Crippen molar-refractivity contribution < 1.29 is 19.5 Å². The van der Waals surface area contributed by atoms with Crippen molar-refractivity contribution in [2.75, 3.05) is 13.6 Å². The van der Waals surface area contributed by atoms with E-state index in [1.807, 2.05) is 27.7 Å². The number of benzene rings is 1. The summed E-state index contributed by atoms with van der Waals surface area (Å²) < 4.78 is 0. The molecule has 6 heteroatoms. The lowest BCUT2D eigenvalue weighted by atomic mass is 9.88. The Bertz CT molecular complexity index is 635. The maximum Gasteiger partial charge on any atom is 0.326 e. The van der Waals surface area contributed by atoms with Gasteiger partial charge in [-0.1, -0.05) is 26.8 Å². The number of amides is 2. The topological polar surface area (TPSA) is 86.7 Å². The summed E-state index contributed by atoms with van der Waals surface area (Å²) in [5.74, 6) is -1.73. The van der Waals surface area contributed by atoms with Crippen LogP contribution in [0.4, 0.5) is 0 Å². The van der Waals surface area contributed by atoms with E-state index in [9.17, 15) is 19.5 Å². The average molecular weight is 348 g/mol. The fourth-order valence-electron chi connectivity index (χ4n) is 2.23. The summed E-state index contributed by atoms with van der Waals surface area (Å²) in [5.41, 5.74) is 0.658. The second kappa shape index (κ2) is 8.65. The minimum atomic E-state index is -1.06. The molecule has 0 saturated carbocycles. The number of hydrogen-bond acceptors (Lipinski definition) is 3. The number of aliphatic carboxylic acids is 1. The lowest BCUT2D eigenvalue weighted by Crippen LogP contribution is -2.41. The van der Waals surface area contributed by atoms with E-state index < -0.39 is 17.9 Å². The van der Waals surface area contributed by atoms with Gasteiger partial charge in [-0.25, -0.2) is 4.79 Å². The lowest BCUT2D eigenvalue weighted by Gasteiger charge is -2.21. The van der Waals surface area contributed by atoms with Crippen LogP contribution in [0.15, 0.2) is 24.3 Å². The third-order valence-corrected chi connectivity index (χ3v) is 3.98. The van der Waals surface area contributed by atoms with E-state index in [4.69, 9.17) is 0 Å². The maximum absolute atomic E-state index is 12.4. The Balaban J connectivity index is 2.88. The summed E-state index contributed by atoms with van der Waals surface area (Å²) in [5, 5.41) is 11.9. The van der Waals surface area contributed by atoms with Gasteiger partial charge in [0.05, 0.1) is 0 Å². The first kappa shape index (κ1) is 20.7. The Kier molecular flexibility index (Phi) is 7.15. The van der Waals surface area contributed by atoms with Gasteiger partial charge in [0, 0.05) is 24.7 Å². The predicted octanol–water partition coefficient (Wildman–Crippen LogP) is 2.79. The molecule has 0 heterocycles. The monoisotopic (exact) mass is 348 g/mol. The Morgan fingerprint density at radius 3 is 2.32 bits per heavy atom. The zero-order valence-corrected chi connectivity index (χ0v) is 15.6. The zero-order chi connectivity index (χ0) is 19.2. The van der Waals surface area contributed by atoms with Crippen LogP contribution >= 0.6 is 0 Å². The minimum Gasteiger partial charge on any atom is -0.480 e. The summed E-state index contributed by atoms with van der Waals surface area (Å²) >= 11 is 0. The number of carboxylic acids is 1. The third-order valence-electron chi connectivity index (χ3n) is 3.98. The molecule has 1 aromatic carbocycles. The van der Waals surface area contributed by atoms with Gasteiger partial charge in [-0.15, -0.1) is 0 Å². The molecule has 0 bridgehead atoms. The van der Waals surface area contributed by atoms with Gasteiger partial charge in [-0.05, 0) is 43.4 Å². The zero-order valence-electron chi connectivity index (χ0n) is 15.6. The number of rotatable bonds is 7. The van der Waals surface area contributed by atoms with Crippen LogP contribution in [0.1, 0.15) is 61.3 Å². The van der Waals surface area contributed by atoms with Gasteiger partial charge in [0.1, 0.15) is 6.04 Å². The Labute approximate surface area is 149 Å². The van der Waals surface area contributed by atoms with Crippen LogP contribution in [-0.4, -0.2) is 47.4 Å². The summed E-state index contributed by atoms with van der Waals surface area (Å²) in [6, 6.07) is 5.37. The van der Waals surface area contributed by atoms with Crippen molar-refractivity contribution >= 4 is 17.8 Å². The molecule has 0 aromatic heterocycles. The molecule has 0 aliphatic carbocycles. The second-order valence-corrected chi connectivity index (χ2v) is 7.36. The third kappa shape index (κ3) is 6.57. The smallest absolute Gasteiger partial charge is 0.326 e. The van der Waals surface area contributed by atoms with E-state index in [1.165, 1.54) is 6.07 Å². The molecule has 25 heavy (non-hydrogen) atoms. The van der Waals surface area contributed by atoms with Crippen molar-refractivity contribution in [2.45, 2.75) is 46.6 Å². The molecule has 1 atom stereocenters. The number of nitrogens with zero attached hydrogens (tertiary/aromatic N) is 1. The van der Waals surface area contributed by atoms with Crippen LogP contribution in [0.3, 0.4) is 0 Å². The van der Waals surface area contributed by atoms with E-state index >= 15 is 0 Å². The fourth-order valence-corrected chi connectivity index (χ4v) is 2.23. The van der Waals surface area contributed by atoms with Gasteiger partial charge in [-0.2, -0.15) is 0 Å². The van der Waals surface area contributed by atoms with Crippen molar-refractivity contribution in [3.8, 4) is 0 Å². The molecular formula is C19H28N2O4. The highest BCUT2D eigenvalue weighted by Gasteiger charge is 2.23. The molecule has 138 valence electrons. The van der Waals surface area contributed by atoms with Crippen LogP contribution in [0.2, 0.25) is 0 Å². The molecule has 6 nitrogen and oxygen atoms in total. The first-order valence-corrected chi connectivity index (χ1v) is 8.44. The molecule has 1 unspecified atom stereocenters. The Morgan fingerprint density at radius 2 is 1.80 bits per heavy atom. The first-order valence-electron chi connectivity index (χ1n) is 8.44. The lowest BCUT2D eigenvalue weighted by molar-refractivity contribution is -0.139. The van der Waals surface area contributed by atoms with Gasteiger partial charge < -0.3 is 15.3 Å². The minimum absolute atomic E-state index is 0.0184. The maximum atomic E-state index is 12.4. The van der Waals surface area contributed by atoms with Gasteiger partial charge >= 0.3 is 5.97 Å². The number of carboxylic acid groups (broad SMARTS) is 1. The van der Waals surface area contributed by atoms with Crippen molar-refractivity contribution in [1.29, 1.82) is 0 Å². The van der Waals surface area contributed by atoms with E-state index in [1.54, 1.807) is 30.1 Å². The van der Waals surface area contributed by atoms with Crippen molar-refractivity contribution in [3.05, 3.63) is 35.4 Å². The largest absolute Gasteiger partial charge is 0.480 e. The standard InChI is InChI=1S/C19H28N2O4/c1-6-21(5)17(23)14-9-7-8-13(12-14)16(22)20-15(18(24)25)10-11-19(2,3)4/h7-9,12,15H,6,10-11H2,1-5H3,(H,20,22)(H,24,25). The molecule has 1 aromatic rings. The molecule has 2 N–H and O–H groups in total. The molecule has 0 aliphatic heterocycles. The summed E-state index contributed by atoms with van der Waals surface area (Å²) in [6.45, 7) is 8.48. The highest BCUT2D eigenvalue weighted by atomic mass is 16.4. The van der Waals surface area contributed by atoms with Gasteiger partial charge in [0.2, 0.25) is 0 Å². The van der Waals surface area contributed by atoms with E-state index in [0.29, 0.717) is 24.9 Å². The number of carbonyl (C=O) groups excluding carboxylic acids is 2. The first-order chi connectivity index (χ1) is 11.5. The van der Waals surface area contributed by atoms with E-state index in [2.05, 4.69) is 5.32 Å². The molecular weight excluding hydrogens is 320 g/mol. The average Bonchev–Trinajstić information content (AvgIpc) is 2.55. The van der Waals surface area contributed by atoms with Crippen molar-refractivity contribution in [3.63, 3.8) is 0 Å². The van der Waals surface area contributed by atoms with Crippen molar-refractivity contribution in [2.24, 2.45) is 5.41 Å². The second-order valence-electron chi connectivity index (χ2n) is 7.36. The highest BCUT2D eigenvalue weighted by molar-refractivity contribution is 6.00. The molecule has 0 spiro atoms. The highest BCUT2D eigenvalue weighted by Crippen LogP contribution is 2.22. The number of hydrogen-bond donors (Lipinski definition) is 2. The molecule has 0 radical (unpaired) electrons. The molecule has 0 aliphatic rings.